The summed E-state index contributed by atoms with van der Waals surface area (Å²) in [5.74, 6) is 1.64. The molecule has 0 saturated carbocycles. The molecule has 4 nitrogen and oxygen atoms in total. The number of ether oxygens (including phenoxy) is 2. The van der Waals surface area contributed by atoms with Crippen LogP contribution in [0.1, 0.15) is 57.5 Å². The van der Waals surface area contributed by atoms with Gasteiger partial charge < -0.3 is 9.47 Å². The van der Waals surface area contributed by atoms with Crippen LogP contribution >= 0.6 is 0 Å². The van der Waals surface area contributed by atoms with Gasteiger partial charge in [0, 0.05) is 11.1 Å². The topological polar surface area (TPSA) is 52.6 Å². The van der Waals surface area contributed by atoms with E-state index in [4.69, 9.17) is 9.47 Å². The Morgan fingerprint density at radius 1 is 0.475 bits per heavy atom. The molecule has 0 atom stereocenters. The van der Waals surface area contributed by atoms with E-state index in [2.05, 4.69) is 0 Å². The van der Waals surface area contributed by atoms with Crippen LogP contribution in [-0.4, -0.2) is 24.8 Å². The van der Waals surface area contributed by atoms with E-state index < -0.39 is 0 Å². The lowest BCUT2D eigenvalue weighted by molar-refractivity contribution is 0.103. The molecule has 0 unspecified atom stereocenters. The third-order valence-electron chi connectivity index (χ3n) is 6.31. The molecule has 0 aliphatic heterocycles. The van der Waals surface area contributed by atoms with Gasteiger partial charge in [0.1, 0.15) is 11.5 Å². The van der Waals surface area contributed by atoms with Crippen molar-refractivity contribution in [1.82, 2.24) is 0 Å². The Morgan fingerprint density at radius 3 is 1.23 bits per heavy atom. The van der Waals surface area contributed by atoms with Crippen LogP contribution in [0.15, 0.2) is 121 Å². The summed E-state index contributed by atoms with van der Waals surface area (Å²) in [7, 11) is 0. The highest BCUT2D eigenvalue weighted by molar-refractivity contribution is 6.07. The van der Waals surface area contributed by atoms with E-state index in [1.165, 1.54) is 0 Å². The molecule has 4 aromatic carbocycles. The number of carbonyl (C=O) groups excluding carboxylic acids is 2. The first kappa shape index (κ1) is 28.3. The standard InChI is InChI=1S/C36H34O4/c37-35(31-11-5-3-6-12-31)25-19-29-15-21-33(22-16-29)39-27-9-1-2-10-28-40-34-23-17-30(18-24-34)20-26-36(38)32-13-7-4-8-14-32/h3-8,11-26H,1-2,9-10,27-28H2/b25-19+,26-20+. The van der Waals surface area contributed by atoms with Crippen molar-refractivity contribution in [2.24, 2.45) is 0 Å². The molecule has 0 N–H and O–H groups in total. The second-order valence-electron chi connectivity index (χ2n) is 9.38. The number of hydrogen-bond donors (Lipinski definition) is 0. The first-order valence-corrected chi connectivity index (χ1v) is 13.7. The Balaban J connectivity index is 1.06. The molecule has 0 aliphatic carbocycles. The van der Waals surface area contributed by atoms with Crippen LogP contribution in [0.5, 0.6) is 11.5 Å². The van der Waals surface area contributed by atoms with Crippen molar-refractivity contribution in [3.8, 4) is 11.5 Å². The Labute approximate surface area is 236 Å². The molecule has 4 aromatic rings. The van der Waals surface area contributed by atoms with Crippen molar-refractivity contribution in [3.05, 3.63) is 144 Å². The molecule has 0 heterocycles. The number of hydrogen-bond acceptors (Lipinski definition) is 4. The largest absolute Gasteiger partial charge is 0.494 e. The highest BCUT2D eigenvalue weighted by Crippen LogP contribution is 2.16. The summed E-state index contributed by atoms with van der Waals surface area (Å²) in [6.45, 7) is 1.34. The molecule has 202 valence electrons. The normalized spacial score (nSPS) is 11.1. The Hall–Kier alpha value is -4.70. The van der Waals surface area contributed by atoms with E-state index in [9.17, 15) is 9.59 Å². The van der Waals surface area contributed by atoms with Crippen molar-refractivity contribution >= 4 is 23.7 Å². The zero-order valence-corrected chi connectivity index (χ0v) is 22.6. The number of carbonyl (C=O) groups is 2. The molecular weight excluding hydrogens is 496 g/mol. The van der Waals surface area contributed by atoms with Crippen LogP contribution in [-0.2, 0) is 0 Å². The van der Waals surface area contributed by atoms with Crippen LogP contribution in [0.2, 0.25) is 0 Å². The monoisotopic (exact) mass is 530 g/mol. The lowest BCUT2D eigenvalue weighted by Gasteiger charge is -2.08. The predicted octanol–water partition coefficient (Wildman–Crippen LogP) is 8.50. The highest BCUT2D eigenvalue weighted by Gasteiger charge is 2.02. The zero-order valence-electron chi connectivity index (χ0n) is 22.6. The van der Waals surface area contributed by atoms with Crippen LogP contribution in [0.3, 0.4) is 0 Å². The number of ketones is 2. The van der Waals surface area contributed by atoms with Gasteiger partial charge in [-0.15, -0.1) is 0 Å². The maximum absolute atomic E-state index is 12.2. The fraction of sp³-hybridized carbons (Fsp3) is 0.167. The zero-order chi connectivity index (χ0) is 27.8. The summed E-state index contributed by atoms with van der Waals surface area (Å²) in [5, 5.41) is 0. The molecule has 0 bridgehead atoms. The molecule has 0 spiro atoms. The van der Waals surface area contributed by atoms with Crippen molar-refractivity contribution in [2.45, 2.75) is 25.7 Å². The Bertz CT molecular complexity index is 1280. The van der Waals surface area contributed by atoms with Crippen LogP contribution in [0.4, 0.5) is 0 Å². The van der Waals surface area contributed by atoms with Gasteiger partial charge in [0.15, 0.2) is 11.6 Å². The molecule has 4 rings (SSSR count). The van der Waals surface area contributed by atoms with Gasteiger partial charge in [-0.25, -0.2) is 0 Å². The lowest BCUT2D eigenvalue weighted by Crippen LogP contribution is -2.00. The molecule has 0 aromatic heterocycles. The Kier molecular flexibility index (Phi) is 11.1. The first-order chi connectivity index (χ1) is 19.7. The van der Waals surface area contributed by atoms with E-state index in [0.29, 0.717) is 24.3 Å². The molecule has 0 fully saturated rings. The van der Waals surface area contributed by atoms with Crippen molar-refractivity contribution < 1.29 is 19.1 Å². The number of benzene rings is 4. The molecular formula is C36H34O4. The van der Waals surface area contributed by atoms with E-state index in [0.717, 1.165) is 48.3 Å². The van der Waals surface area contributed by atoms with Crippen molar-refractivity contribution in [1.29, 1.82) is 0 Å². The second kappa shape index (κ2) is 15.6. The van der Waals surface area contributed by atoms with Gasteiger partial charge in [-0.2, -0.15) is 0 Å². The van der Waals surface area contributed by atoms with Crippen LogP contribution < -0.4 is 9.47 Å². The third-order valence-corrected chi connectivity index (χ3v) is 6.31. The van der Waals surface area contributed by atoms with E-state index in [1.54, 1.807) is 12.2 Å². The highest BCUT2D eigenvalue weighted by atomic mass is 16.5. The van der Waals surface area contributed by atoms with Crippen molar-refractivity contribution in [3.63, 3.8) is 0 Å². The summed E-state index contributed by atoms with van der Waals surface area (Å²) in [4.78, 5) is 24.4. The van der Waals surface area contributed by atoms with Gasteiger partial charge >= 0.3 is 0 Å². The van der Waals surface area contributed by atoms with Gasteiger partial charge in [-0.05, 0) is 73.2 Å². The molecule has 40 heavy (non-hydrogen) atoms. The maximum atomic E-state index is 12.2. The number of rotatable bonds is 15. The third kappa shape index (κ3) is 9.55. The summed E-state index contributed by atoms with van der Waals surface area (Å²) in [6.07, 6.45) is 10.9. The van der Waals surface area contributed by atoms with E-state index in [1.807, 2.05) is 121 Å². The SMILES string of the molecule is O=C(/C=C/c1ccc(OCCCCCCOc2ccc(/C=C/C(=O)c3ccccc3)cc2)cc1)c1ccccc1. The van der Waals surface area contributed by atoms with Crippen molar-refractivity contribution in [2.75, 3.05) is 13.2 Å². The smallest absolute Gasteiger partial charge is 0.185 e. The summed E-state index contributed by atoms with van der Waals surface area (Å²) in [5.41, 5.74) is 3.28. The van der Waals surface area contributed by atoms with Crippen LogP contribution in [0, 0.1) is 0 Å². The Morgan fingerprint density at radius 2 is 0.850 bits per heavy atom. The summed E-state index contributed by atoms with van der Waals surface area (Å²) in [6, 6.07) is 34.0. The van der Waals surface area contributed by atoms with E-state index >= 15 is 0 Å². The second-order valence-corrected chi connectivity index (χ2v) is 9.38. The van der Waals surface area contributed by atoms with Gasteiger partial charge in [0.25, 0.3) is 0 Å². The minimum atomic E-state index is -0.00875. The van der Waals surface area contributed by atoms with Gasteiger partial charge in [-0.3, -0.25) is 9.59 Å². The average Bonchev–Trinajstić information content (AvgIpc) is 3.02. The predicted molar refractivity (Wildman–Crippen MR) is 162 cm³/mol. The van der Waals surface area contributed by atoms with E-state index in [-0.39, 0.29) is 11.6 Å². The fourth-order valence-corrected chi connectivity index (χ4v) is 4.03. The molecule has 0 aliphatic rings. The average molecular weight is 531 g/mol. The molecule has 0 saturated heterocycles. The minimum absolute atomic E-state index is 0.00875. The molecule has 0 amide bonds. The van der Waals surface area contributed by atoms with Gasteiger partial charge in [0.2, 0.25) is 0 Å². The summed E-state index contributed by atoms with van der Waals surface area (Å²) < 4.78 is 11.7. The fourth-order valence-electron chi connectivity index (χ4n) is 4.03. The quantitative estimate of drug-likeness (QED) is 0.0878. The lowest BCUT2D eigenvalue weighted by atomic mass is 10.1. The minimum Gasteiger partial charge on any atom is -0.494 e. The summed E-state index contributed by atoms with van der Waals surface area (Å²) >= 11 is 0. The van der Waals surface area contributed by atoms with Crippen LogP contribution in [0.25, 0.3) is 12.2 Å². The maximum Gasteiger partial charge on any atom is 0.185 e. The number of allylic oxidation sites excluding steroid dienone is 2. The number of unbranched alkanes of at least 4 members (excludes halogenated alkanes) is 3. The van der Waals surface area contributed by atoms with Gasteiger partial charge in [-0.1, -0.05) is 97.1 Å². The molecule has 0 radical (unpaired) electrons. The van der Waals surface area contributed by atoms with Gasteiger partial charge in [0.05, 0.1) is 13.2 Å². The first-order valence-electron chi connectivity index (χ1n) is 13.7. The molecule has 4 heteroatoms.